The summed E-state index contributed by atoms with van der Waals surface area (Å²) in [5.74, 6) is -0.836. The largest absolute Gasteiger partial charge is 0.490 e. The Morgan fingerprint density at radius 3 is 2.79 bits per heavy atom. The quantitative estimate of drug-likeness (QED) is 0.367. The van der Waals surface area contributed by atoms with Crippen molar-refractivity contribution in [3.8, 4) is 5.75 Å². The predicted octanol–water partition coefficient (Wildman–Crippen LogP) is 5.05. The molecule has 0 aliphatic carbocycles. The fraction of sp³-hybridized carbons (Fsp3) is 0.435. The number of amides is 1. The van der Waals surface area contributed by atoms with Crippen LogP contribution in [0.5, 0.6) is 5.75 Å². The van der Waals surface area contributed by atoms with Crippen molar-refractivity contribution in [2.45, 2.75) is 45.5 Å². The number of alkyl halides is 3. The van der Waals surface area contributed by atoms with Gasteiger partial charge in [-0.1, -0.05) is 24.7 Å². The van der Waals surface area contributed by atoms with Crippen LogP contribution in [-0.4, -0.2) is 42.1 Å². The number of hydrogen-bond donors (Lipinski definition) is 0. The van der Waals surface area contributed by atoms with Crippen molar-refractivity contribution in [1.82, 2.24) is 9.55 Å². The second-order valence-corrected chi connectivity index (χ2v) is 8.49. The highest BCUT2D eigenvalue weighted by Crippen LogP contribution is 2.33. The van der Waals surface area contributed by atoms with Crippen molar-refractivity contribution in [3.05, 3.63) is 52.5 Å². The number of benzene rings is 1. The molecular weight excluding hydrogens is 471 g/mol. The first-order valence-electron chi connectivity index (χ1n) is 10.7. The highest BCUT2D eigenvalue weighted by Gasteiger charge is 2.32. The summed E-state index contributed by atoms with van der Waals surface area (Å²) in [5, 5.41) is 0. The van der Waals surface area contributed by atoms with Crippen LogP contribution in [0.1, 0.15) is 42.6 Å². The molecule has 0 spiro atoms. The predicted molar refractivity (Wildman–Crippen MR) is 122 cm³/mol. The third-order valence-electron chi connectivity index (χ3n) is 4.87. The summed E-state index contributed by atoms with van der Waals surface area (Å²) in [5.41, 5.74) is -0.419. The number of unbranched alkanes of at least 4 members (excludes halogenated alkanes) is 1. The summed E-state index contributed by atoms with van der Waals surface area (Å²) >= 11 is 1.21. The van der Waals surface area contributed by atoms with Gasteiger partial charge in [-0.3, -0.25) is 4.79 Å². The molecule has 184 valence electrons. The van der Waals surface area contributed by atoms with Crippen LogP contribution in [0, 0.1) is 0 Å². The van der Waals surface area contributed by atoms with E-state index >= 15 is 0 Å². The van der Waals surface area contributed by atoms with E-state index in [4.69, 9.17) is 14.2 Å². The molecule has 3 aromatic rings. The Bertz CT molecular complexity index is 1190. The van der Waals surface area contributed by atoms with Crippen LogP contribution in [-0.2, 0) is 22.2 Å². The van der Waals surface area contributed by atoms with Crippen molar-refractivity contribution in [1.29, 1.82) is 0 Å². The Morgan fingerprint density at radius 2 is 2.09 bits per heavy atom. The van der Waals surface area contributed by atoms with Gasteiger partial charge in [0.05, 0.1) is 22.7 Å². The van der Waals surface area contributed by atoms with Crippen LogP contribution in [0.2, 0.25) is 0 Å². The molecule has 0 N–H and O–H groups in total. The first kappa shape index (κ1) is 25.9. The molecule has 0 fully saturated rings. The highest BCUT2D eigenvalue weighted by atomic mass is 32.1. The number of aryl methyl sites for hydroxylation is 1. The maximum Gasteiger partial charge on any atom is 0.416 e. The number of carbonyl (C=O) groups excluding carboxylic acids is 1. The number of hydrogen-bond acceptors (Lipinski definition) is 6. The number of ether oxygens (including phenoxy) is 3. The molecule has 0 unspecified atom stereocenters. The van der Waals surface area contributed by atoms with Crippen LogP contribution < -0.4 is 9.54 Å². The number of pyridine rings is 1. The molecule has 11 heteroatoms. The highest BCUT2D eigenvalue weighted by molar-refractivity contribution is 7.15. The van der Waals surface area contributed by atoms with E-state index in [0.717, 1.165) is 36.6 Å². The Morgan fingerprint density at radius 1 is 1.29 bits per heavy atom. The normalized spacial score (nSPS) is 13.4. The van der Waals surface area contributed by atoms with Crippen molar-refractivity contribution in [3.63, 3.8) is 0 Å². The number of methoxy groups -OCH3 is 1. The summed E-state index contributed by atoms with van der Waals surface area (Å²) in [6, 6.07) is 6.43. The van der Waals surface area contributed by atoms with Crippen molar-refractivity contribution >= 4 is 27.6 Å². The summed E-state index contributed by atoms with van der Waals surface area (Å²) in [6.07, 6.45) is -1.62. The maximum atomic E-state index is 13.4. The van der Waals surface area contributed by atoms with E-state index in [2.05, 4.69) is 9.98 Å². The SMILES string of the molecule is CCCCn1c(=NC(=O)c2cc(C(F)(F)F)ccc2OC[C@H](C)OCOC)sc2ncccc21. The Labute approximate surface area is 198 Å². The van der Waals surface area contributed by atoms with E-state index in [-0.39, 0.29) is 24.7 Å². The lowest BCUT2D eigenvalue weighted by molar-refractivity contribution is -0.137. The van der Waals surface area contributed by atoms with Crippen molar-refractivity contribution in [2.24, 2.45) is 4.99 Å². The lowest BCUT2D eigenvalue weighted by atomic mass is 10.1. The number of nitrogens with zero attached hydrogens (tertiary/aromatic N) is 3. The molecular formula is C23H26F3N3O4S. The van der Waals surface area contributed by atoms with Crippen molar-refractivity contribution in [2.75, 3.05) is 20.5 Å². The summed E-state index contributed by atoms with van der Waals surface area (Å²) < 4.78 is 57.7. The minimum atomic E-state index is -4.62. The van der Waals surface area contributed by atoms with Gasteiger partial charge in [0.1, 0.15) is 24.0 Å². The molecule has 0 aliphatic rings. The molecule has 0 saturated heterocycles. The first-order valence-corrected chi connectivity index (χ1v) is 11.5. The first-order chi connectivity index (χ1) is 16.2. The van der Waals surface area contributed by atoms with E-state index in [9.17, 15) is 18.0 Å². The van der Waals surface area contributed by atoms with E-state index < -0.39 is 23.8 Å². The molecule has 7 nitrogen and oxygen atoms in total. The van der Waals surface area contributed by atoms with Gasteiger partial charge in [-0.15, -0.1) is 0 Å². The van der Waals surface area contributed by atoms with Gasteiger partial charge in [0.15, 0.2) is 4.80 Å². The molecule has 3 rings (SSSR count). The third kappa shape index (κ3) is 6.43. The van der Waals surface area contributed by atoms with Gasteiger partial charge < -0.3 is 18.8 Å². The fourth-order valence-corrected chi connectivity index (χ4v) is 4.11. The second-order valence-electron chi connectivity index (χ2n) is 7.54. The molecule has 1 amide bonds. The molecule has 2 aromatic heterocycles. The standard InChI is InChI=1S/C23H26F3N3O4S/c1-4-5-11-29-18-7-6-10-27-21(18)34-22(29)28-20(30)17-12-16(23(24,25)26)8-9-19(17)32-13-15(2)33-14-31-3/h6-10,12,15H,4-5,11,13-14H2,1-3H3/t15-/m0/s1. The summed E-state index contributed by atoms with van der Waals surface area (Å²) in [6.45, 7) is 4.41. The van der Waals surface area contributed by atoms with Gasteiger partial charge in [0, 0.05) is 19.9 Å². The van der Waals surface area contributed by atoms with Gasteiger partial charge in [-0.25, -0.2) is 4.98 Å². The number of rotatable bonds is 10. The summed E-state index contributed by atoms with van der Waals surface area (Å²) in [4.78, 5) is 22.7. The van der Waals surface area contributed by atoms with E-state index in [0.29, 0.717) is 16.2 Å². The fourth-order valence-electron chi connectivity index (χ4n) is 3.11. The second kappa shape index (κ2) is 11.6. The maximum absolute atomic E-state index is 13.4. The molecule has 0 bridgehead atoms. The topological polar surface area (TPSA) is 74.9 Å². The van der Waals surface area contributed by atoms with E-state index in [1.165, 1.54) is 18.4 Å². The van der Waals surface area contributed by atoms with E-state index in [1.54, 1.807) is 19.2 Å². The molecule has 1 atom stereocenters. The molecule has 34 heavy (non-hydrogen) atoms. The Kier molecular flexibility index (Phi) is 8.81. The lowest BCUT2D eigenvalue weighted by Crippen LogP contribution is -2.21. The third-order valence-corrected chi connectivity index (χ3v) is 5.88. The zero-order valence-electron chi connectivity index (χ0n) is 19.1. The number of aromatic nitrogens is 2. The zero-order valence-corrected chi connectivity index (χ0v) is 19.9. The Hall–Kier alpha value is -2.76. The van der Waals surface area contributed by atoms with Gasteiger partial charge in [0.2, 0.25) is 0 Å². The minimum absolute atomic E-state index is 0.00559. The molecule has 1 aromatic carbocycles. The lowest BCUT2D eigenvalue weighted by Gasteiger charge is -2.16. The minimum Gasteiger partial charge on any atom is -0.490 e. The number of carbonyl (C=O) groups is 1. The average molecular weight is 498 g/mol. The smallest absolute Gasteiger partial charge is 0.416 e. The molecule has 0 saturated carbocycles. The zero-order chi connectivity index (χ0) is 24.7. The summed E-state index contributed by atoms with van der Waals surface area (Å²) in [7, 11) is 1.47. The van der Waals surface area contributed by atoms with Gasteiger partial charge >= 0.3 is 6.18 Å². The van der Waals surface area contributed by atoms with Gasteiger partial charge in [-0.05, 0) is 43.7 Å². The van der Waals surface area contributed by atoms with E-state index in [1.807, 2.05) is 17.6 Å². The Balaban J connectivity index is 2.01. The van der Waals surface area contributed by atoms with Gasteiger partial charge in [0.25, 0.3) is 5.91 Å². The van der Waals surface area contributed by atoms with Crippen LogP contribution in [0.3, 0.4) is 0 Å². The number of thiazole rings is 1. The van der Waals surface area contributed by atoms with Crippen molar-refractivity contribution < 1.29 is 32.2 Å². The molecule has 2 heterocycles. The molecule has 0 aliphatic heterocycles. The monoisotopic (exact) mass is 497 g/mol. The number of fused-ring (bicyclic) bond motifs is 1. The average Bonchev–Trinajstić information content (AvgIpc) is 3.15. The van der Waals surface area contributed by atoms with Crippen LogP contribution in [0.15, 0.2) is 41.5 Å². The van der Waals surface area contributed by atoms with Crippen LogP contribution >= 0.6 is 11.3 Å². The molecule has 0 radical (unpaired) electrons. The van der Waals surface area contributed by atoms with Crippen LogP contribution in [0.4, 0.5) is 13.2 Å². The van der Waals surface area contributed by atoms with Gasteiger partial charge in [-0.2, -0.15) is 18.2 Å². The van der Waals surface area contributed by atoms with Crippen LogP contribution in [0.25, 0.3) is 10.3 Å². The number of halogens is 3.